The molecule has 0 aromatic rings. The first-order valence-electron chi connectivity index (χ1n) is 5.38. The predicted octanol–water partition coefficient (Wildman–Crippen LogP) is 3.11. The fraction of sp³-hybridized carbons (Fsp3) is 0.727. The Morgan fingerprint density at radius 2 is 1.86 bits per heavy atom. The molecule has 2 nitrogen and oxygen atoms in total. The molecule has 0 spiro atoms. The third kappa shape index (κ3) is 4.60. The molecular weight excluding hydrogens is 192 g/mol. The first-order valence-corrected chi connectivity index (χ1v) is 8.79. The van der Waals surface area contributed by atoms with Gasteiger partial charge < -0.3 is 4.43 Å². The Morgan fingerprint density at radius 1 is 1.29 bits per heavy atom. The summed E-state index contributed by atoms with van der Waals surface area (Å²) in [5.41, 5.74) is 0. The van der Waals surface area contributed by atoms with Crippen molar-refractivity contribution in [1.29, 1.82) is 0 Å². The Morgan fingerprint density at radius 3 is 2.36 bits per heavy atom. The molecule has 0 saturated heterocycles. The van der Waals surface area contributed by atoms with E-state index in [1.165, 1.54) is 25.7 Å². The van der Waals surface area contributed by atoms with Crippen LogP contribution in [0.5, 0.6) is 0 Å². The zero-order chi connectivity index (χ0) is 10.6. The summed E-state index contributed by atoms with van der Waals surface area (Å²) in [6, 6.07) is 0. The van der Waals surface area contributed by atoms with Crippen molar-refractivity contribution in [2.45, 2.75) is 45.3 Å². The Bertz CT molecular complexity index is 222. The van der Waals surface area contributed by atoms with Crippen LogP contribution in [0.4, 0.5) is 0 Å². The van der Waals surface area contributed by atoms with Gasteiger partial charge in [0.2, 0.25) is 8.32 Å². The Balaban J connectivity index is 2.32. The van der Waals surface area contributed by atoms with Crippen molar-refractivity contribution in [3.63, 3.8) is 0 Å². The quantitative estimate of drug-likeness (QED) is 0.531. The van der Waals surface area contributed by atoms with Gasteiger partial charge in [-0.2, -0.15) is 0 Å². The van der Waals surface area contributed by atoms with Gasteiger partial charge in [-0.1, -0.05) is 18.9 Å². The maximum absolute atomic E-state index is 11.3. The lowest BCUT2D eigenvalue weighted by Gasteiger charge is -2.15. The van der Waals surface area contributed by atoms with Gasteiger partial charge in [0, 0.05) is 6.08 Å². The molecule has 0 atom stereocenters. The topological polar surface area (TPSA) is 26.3 Å². The zero-order valence-electron chi connectivity index (χ0n) is 9.38. The molecule has 0 bridgehead atoms. The van der Waals surface area contributed by atoms with Gasteiger partial charge in [-0.3, -0.25) is 0 Å². The van der Waals surface area contributed by atoms with Crippen molar-refractivity contribution in [2.24, 2.45) is 5.92 Å². The van der Waals surface area contributed by atoms with Crippen molar-refractivity contribution in [3.05, 3.63) is 12.2 Å². The van der Waals surface area contributed by atoms with E-state index in [0.29, 0.717) is 5.92 Å². The lowest BCUT2D eigenvalue weighted by molar-refractivity contribution is -0.129. The Kier molecular flexibility index (Phi) is 3.93. The molecule has 0 heterocycles. The van der Waals surface area contributed by atoms with Gasteiger partial charge in [0.1, 0.15) is 0 Å². The van der Waals surface area contributed by atoms with E-state index in [4.69, 9.17) is 4.43 Å². The number of carbonyl (C=O) groups excluding carboxylic acids is 1. The zero-order valence-corrected chi connectivity index (χ0v) is 10.4. The summed E-state index contributed by atoms with van der Waals surface area (Å²) in [4.78, 5) is 11.3. The molecule has 0 N–H and O–H groups in total. The summed E-state index contributed by atoms with van der Waals surface area (Å²) in [5.74, 6) is 0.459. The average Bonchev–Trinajstić information content (AvgIpc) is 2.49. The highest BCUT2D eigenvalue weighted by Crippen LogP contribution is 2.25. The van der Waals surface area contributed by atoms with Crippen LogP contribution in [0, 0.1) is 5.92 Å². The third-order valence-corrected chi connectivity index (χ3v) is 3.12. The van der Waals surface area contributed by atoms with Crippen LogP contribution in [-0.2, 0) is 9.22 Å². The molecule has 1 aliphatic carbocycles. The highest BCUT2D eigenvalue weighted by Gasteiger charge is 2.18. The minimum atomic E-state index is -1.70. The number of hydrogen-bond donors (Lipinski definition) is 0. The summed E-state index contributed by atoms with van der Waals surface area (Å²) < 4.78 is 5.31. The molecule has 0 radical (unpaired) electrons. The maximum Gasteiger partial charge on any atom is 0.317 e. The third-order valence-electron chi connectivity index (χ3n) is 2.31. The summed E-state index contributed by atoms with van der Waals surface area (Å²) in [6.45, 7) is 6.07. The minimum absolute atomic E-state index is 0.156. The lowest BCUT2D eigenvalue weighted by Crippen LogP contribution is -2.28. The number of carbonyl (C=O) groups is 1. The lowest BCUT2D eigenvalue weighted by atomic mass is 10.1. The molecule has 0 aromatic heterocycles. The van der Waals surface area contributed by atoms with E-state index >= 15 is 0 Å². The van der Waals surface area contributed by atoms with Crippen LogP contribution >= 0.6 is 0 Å². The molecule has 1 fully saturated rings. The highest BCUT2D eigenvalue weighted by atomic mass is 28.4. The second-order valence-corrected chi connectivity index (χ2v) is 9.37. The van der Waals surface area contributed by atoms with Crippen LogP contribution in [0.25, 0.3) is 0 Å². The second-order valence-electron chi connectivity index (χ2n) is 4.94. The Hall–Kier alpha value is -0.573. The van der Waals surface area contributed by atoms with Crippen LogP contribution in [0.2, 0.25) is 19.6 Å². The van der Waals surface area contributed by atoms with Crippen molar-refractivity contribution >= 4 is 14.3 Å². The van der Waals surface area contributed by atoms with Gasteiger partial charge >= 0.3 is 5.97 Å². The highest BCUT2D eigenvalue weighted by molar-refractivity contribution is 6.71. The molecule has 0 amide bonds. The van der Waals surface area contributed by atoms with E-state index in [-0.39, 0.29) is 5.97 Å². The molecule has 80 valence electrons. The second kappa shape index (κ2) is 4.78. The van der Waals surface area contributed by atoms with Crippen molar-refractivity contribution in [2.75, 3.05) is 0 Å². The number of allylic oxidation sites excluding steroid dienone is 1. The molecule has 14 heavy (non-hydrogen) atoms. The first kappa shape index (κ1) is 11.5. The summed E-state index contributed by atoms with van der Waals surface area (Å²) in [5, 5.41) is 0. The molecule has 1 aliphatic rings. The van der Waals surface area contributed by atoms with E-state index in [1.54, 1.807) is 6.08 Å². The first-order chi connectivity index (χ1) is 6.47. The van der Waals surface area contributed by atoms with Crippen molar-refractivity contribution in [1.82, 2.24) is 0 Å². The normalized spacial score (nSPS) is 19.1. The van der Waals surface area contributed by atoms with Gasteiger partial charge in [0.25, 0.3) is 0 Å². The largest absolute Gasteiger partial charge is 0.517 e. The van der Waals surface area contributed by atoms with E-state index in [2.05, 4.69) is 0 Å². The standard InChI is InChI=1S/C11H20O2Si/c1-14(2,3)13-11(12)9-8-10-6-4-5-7-10/h8-10H,4-7H2,1-3H3/b9-8+. The average molecular weight is 212 g/mol. The fourth-order valence-corrected chi connectivity index (χ4v) is 2.37. The van der Waals surface area contributed by atoms with Crippen LogP contribution in [0.3, 0.4) is 0 Å². The summed E-state index contributed by atoms with van der Waals surface area (Å²) in [6.07, 6.45) is 8.72. The smallest absolute Gasteiger partial charge is 0.317 e. The SMILES string of the molecule is C[Si](C)(C)OC(=O)/C=C/C1CCCC1. The fourth-order valence-electron chi connectivity index (χ4n) is 1.70. The van der Waals surface area contributed by atoms with E-state index in [0.717, 1.165) is 0 Å². The van der Waals surface area contributed by atoms with Crippen molar-refractivity contribution in [3.8, 4) is 0 Å². The van der Waals surface area contributed by atoms with Crippen molar-refractivity contribution < 1.29 is 9.22 Å². The molecule has 0 unspecified atom stereocenters. The van der Waals surface area contributed by atoms with Gasteiger partial charge in [-0.05, 0) is 38.4 Å². The molecule has 1 saturated carbocycles. The van der Waals surface area contributed by atoms with Gasteiger partial charge in [-0.15, -0.1) is 0 Å². The number of hydrogen-bond acceptors (Lipinski definition) is 2. The molecule has 0 aliphatic heterocycles. The molecule has 1 rings (SSSR count). The van der Waals surface area contributed by atoms with E-state index in [9.17, 15) is 4.79 Å². The summed E-state index contributed by atoms with van der Waals surface area (Å²) in [7, 11) is -1.70. The molecular formula is C11H20O2Si. The maximum atomic E-state index is 11.3. The molecule has 3 heteroatoms. The van der Waals surface area contributed by atoms with E-state index in [1.807, 2.05) is 25.7 Å². The van der Waals surface area contributed by atoms with Gasteiger partial charge in [0.15, 0.2) is 0 Å². The van der Waals surface area contributed by atoms with Crippen LogP contribution < -0.4 is 0 Å². The van der Waals surface area contributed by atoms with E-state index < -0.39 is 8.32 Å². The monoisotopic (exact) mass is 212 g/mol. The number of rotatable bonds is 3. The predicted molar refractivity (Wildman–Crippen MR) is 60.5 cm³/mol. The van der Waals surface area contributed by atoms with Gasteiger partial charge in [-0.25, -0.2) is 4.79 Å². The molecule has 0 aromatic carbocycles. The minimum Gasteiger partial charge on any atom is -0.517 e. The van der Waals surface area contributed by atoms with Gasteiger partial charge in [0.05, 0.1) is 0 Å². The Labute approximate surface area is 87.5 Å². The summed E-state index contributed by atoms with van der Waals surface area (Å²) >= 11 is 0. The van der Waals surface area contributed by atoms with Crippen LogP contribution in [-0.4, -0.2) is 14.3 Å². The van der Waals surface area contributed by atoms with Crippen LogP contribution in [0.1, 0.15) is 25.7 Å². The van der Waals surface area contributed by atoms with Crippen LogP contribution in [0.15, 0.2) is 12.2 Å².